The largest absolute Gasteiger partial charge is 0.352 e. The maximum atomic E-state index is 10.4. The summed E-state index contributed by atoms with van der Waals surface area (Å²) in [4.78, 5) is 10.4. The lowest BCUT2D eigenvalue weighted by molar-refractivity contribution is 0.249. The van der Waals surface area contributed by atoms with Gasteiger partial charge < -0.3 is 16.4 Å². The van der Waals surface area contributed by atoms with E-state index >= 15 is 0 Å². The molecule has 0 saturated heterocycles. The third-order valence-electron chi connectivity index (χ3n) is 2.35. The van der Waals surface area contributed by atoms with Crippen LogP contribution in [-0.4, -0.2) is 28.9 Å². The topological polar surface area (TPSA) is 85.0 Å². The molecule has 4 N–H and O–H groups in total. The average molecular weight is 225 g/mol. The molecule has 0 radical (unpaired) electrons. The van der Waals surface area contributed by atoms with E-state index in [0.29, 0.717) is 13.1 Å². The molecule has 6 nitrogen and oxygen atoms in total. The summed E-state index contributed by atoms with van der Waals surface area (Å²) in [7, 11) is 0. The van der Waals surface area contributed by atoms with Crippen molar-refractivity contribution in [1.82, 2.24) is 20.4 Å². The van der Waals surface area contributed by atoms with Gasteiger partial charge in [-0.1, -0.05) is 0 Å². The Bertz CT molecular complexity index is 336. The molecule has 0 aliphatic rings. The number of primary amides is 1. The Morgan fingerprint density at radius 1 is 1.62 bits per heavy atom. The number of nitrogens with zero attached hydrogens (tertiary/aromatic N) is 2. The van der Waals surface area contributed by atoms with Crippen molar-refractivity contribution in [3.63, 3.8) is 0 Å². The molecule has 1 heterocycles. The number of aryl methyl sites for hydroxylation is 1. The Morgan fingerprint density at radius 2 is 2.38 bits per heavy atom. The fourth-order valence-electron chi connectivity index (χ4n) is 1.37. The predicted molar refractivity (Wildman–Crippen MR) is 61.9 cm³/mol. The van der Waals surface area contributed by atoms with Gasteiger partial charge in [-0.2, -0.15) is 5.10 Å². The van der Waals surface area contributed by atoms with Gasteiger partial charge in [0.25, 0.3) is 0 Å². The number of carbonyl (C=O) groups is 1. The molecule has 6 heteroatoms. The number of nitrogens with one attached hydrogen (secondary N) is 2. The molecule has 2 amide bonds. The third-order valence-corrected chi connectivity index (χ3v) is 2.35. The van der Waals surface area contributed by atoms with Crippen LogP contribution in [-0.2, 0) is 6.54 Å². The summed E-state index contributed by atoms with van der Waals surface area (Å²) in [5.74, 6) is 0. The van der Waals surface area contributed by atoms with Crippen molar-refractivity contribution in [3.8, 4) is 0 Å². The number of urea groups is 1. The van der Waals surface area contributed by atoms with Gasteiger partial charge in [0.2, 0.25) is 0 Å². The van der Waals surface area contributed by atoms with Gasteiger partial charge in [-0.05, 0) is 13.8 Å². The number of amides is 2. The smallest absolute Gasteiger partial charge is 0.312 e. The van der Waals surface area contributed by atoms with E-state index in [-0.39, 0.29) is 6.04 Å². The molecule has 1 aromatic rings. The van der Waals surface area contributed by atoms with Gasteiger partial charge in [0.1, 0.15) is 0 Å². The van der Waals surface area contributed by atoms with Crippen molar-refractivity contribution < 1.29 is 4.79 Å². The van der Waals surface area contributed by atoms with E-state index in [4.69, 9.17) is 5.73 Å². The van der Waals surface area contributed by atoms with E-state index in [0.717, 1.165) is 12.1 Å². The van der Waals surface area contributed by atoms with Crippen molar-refractivity contribution in [2.45, 2.75) is 26.4 Å². The van der Waals surface area contributed by atoms with Crippen molar-refractivity contribution in [2.75, 3.05) is 13.1 Å². The van der Waals surface area contributed by atoms with Crippen LogP contribution in [0.25, 0.3) is 0 Å². The minimum atomic E-state index is -0.492. The molecule has 0 aliphatic heterocycles. The Balaban J connectivity index is 2.29. The predicted octanol–water partition coefficient (Wildman–Crippen LogP) is 0.222. The summed E-state index contributed by atoms with van der Waals surface area (Å²) in [6.45, 7) is 6.19. The van der Waals surface area contributed by atoms with Gasteiger partial charge in [0.15, 0.2) is 0 Å². The van der Waals surface area contributed by atoms with Gasteiger partial charge in [0.05, 0.1) is 6.20 Å². The number of carbonyl (C=O) groups excluding carboxylic acids is 1. The zero-order valence-corrected chi connectivity index (χ0v) is 9.73. The summed E-state index contributed by atoms with van der Waals surface area (Å²) in [6.07, 6.45) is 3.86. The minimum absolute atomic E-state index is 0.218. The first-order chi connectivity index (χ1) is 7.63. The standard InChI is InChI=1S/C10H19N5O/c1-3-15-7-9(6-14-15)8(2)12-4-5-13-10(11)16/h6-8,12H,3-5H2,1-2H3,(H3,11,13,16). The van der Waals surface area contributed by atoms with Gasteiger partial charge in [-0.15, -0.1) is 0 Å². The van der Waals surface area contributed by atoms with Crippen LogP contribution in [0.15, 0.2) is 12.4 Å². The molecule has 0 fully saturated rings. The molecule has 0 bridgehead atoms. The lowest BCUT2D eigenvalue weighted by atomic mass is 10.2. The number of rotatable bonds is 6. The van der Waals surface area contributed by atoms with Gasteiger partial charge in [0, 0.05) is 37.4 Å². The summed E-state index contributed by atoms with van der Waals surface area (Å²) >= 11 is 0. The molecule has 16 heavy (non-hydrogen) atoms. The molecular formula is C10H19N5O. The Hall–Kier alpha value is -1.56. The second-order valence-corrected chi connectivity index (χ2v) is 3.60. The van der Waals surface area contributed by atoms with E-state index in [2.05, 4.69) is 22.7 Å². The molecular weight excluding hydrogens is 206 g/mol. The molecule has 90 valence electrons. The molecule has 0 saturated carbocycles. The Morgan fingerprint density at radius 3 is 2.94 bits per heavy atom. The highest BCUT2D eigenvalue weighted by Crippen LogP contribution is 2.09. The van der Waals surface area contributed by atoms with Gasteiger partial charge in [-0.3, -0.25) is 4.68 Å². The fourth-order valence-corrected chi connectivity index (χ4v) is 1.37. The maximum absolute atomic E-state index is 10.4. The Labute approximate surface area is 95.2 Å². The van der Waals surface area contributed by atoms with Crippen LogP contribution in [0, 0.1) is 0 Å². The van der Waals surface area contributed by atoms with Crippen molar-refractivity contribution >= 4 is 6.03 Å². The zero-order valence-electron chi connectivity index (χ0n) is 9.73. The third kappa shape index (κ3) is 3.90. The van der Waals surface area contributed by atoms with Crippen LogP contribution < -0.4 is 16.4 Å². The van der Waals surface area contributed by atoms with Crippen LogP contribution in [0.4, 0.5) is 4.79 Å². The first-order valence-corrected chi connectivity index (χ1v) is 5.42. The monoisotopic (exact) mass is 225 g/mol. The second kappa shape index (κ2) is 6.12. The summed E-state index contributed by atoms with van der Waals surface area (Å²) in [5.41, 5.74) is 6.09. The highest BCUT2D eigenvalue weighted by molar-refractivity contribution is 5.71. The summed E-state index contributed by atoms with van der Waals surface area (Å²) < 4.78 is 1.88. The quantitative estimate of drug-likeness (QED) is 0.605. The second-order valence-electron chi connectivity index (χ2n) is 3.60. The number of hydrogen-bond donors (Lipinski definition) is 3. The van der Waals surface area contributed by atoms with Crippen LogP contribution in [0.1, 0.15) is 25.5 Å². The van der Waals surface area contributed by atoms with E-state index in [1.165, 1.54) is 0 Å². The maximum Gasteiger partial charge on any atom is 0.312 e. The highest BCUT2D eigenvalue weighted by atomic mass is 16.2. The van der Waals surface area contributed by atoms with Crippen molar-refractivity contribution in [3.05, 3.63) is 18.0 Å². The molecule has 0 aromatic carbocycles. The molecule has 0 spiro atoms. The first kappa shape index (κ1) is 12.5. The van der Waals surface area contributed by atoms with E-state index in [1.807, 2.05) is 24.0 Å². The van der Waals surface area contributed by atoms with Crippen LogP contribution in [0.3, 0.4) is 0 Å². The first-order valence-electron chi connectivity index (χ1n) is 5.42. The minimum Gasteiger partial charge on any atom is -0.352 e. The van der Waals surface area contributed by atoms with Crippen LogP contribution >= 0.6 is 0 Å². The van der Waals surface area contributed by atoms with Gasteiger partial charge in [-0.25, -0.2) is 4.79 Å². The van der Waals surface area contributed by atoms with E-state index in [1.54, 1.807) is 0 Å². The SMILES string of the molecule is CCn1cc(C(C)NCCNC(N)=O)cn1. The van der Waals surface area contributed by atoms with Crippen LogP contribution in [0.2, 0.25) is 0 Å². The number of aromatic nitrogens is 2. The highest BCUT2D eigenvalue weighted by Gasteiger charge is 2.06. The number of nitrogens with two attached hydrogens (primary N) is 1. The molecule has 1 aromatic heterocycles. The van der Waals surface area contributed by atoms with Gasteiger partial charge >= 0.3 is 6.03 Å². The lowest BCUT2D eigenvalue weighted by Gasteiger charge is -2.11. The molecule has 0 aliphatic carbocycles. The lowest BCUT2D eigenvalue weighted by Crippen LogP contribution is -2.35. The molecule has 1 atom stereocenters. The van der Waals surface area contributed by atoms with Crippen LogP contribution in [0.5, 0.6) is 0 Å². The number of hydrogen-bond acceptors (Lipinski definition) is 3. The molecule has 1 unspecified atom stereocenters. The summed E-state index contributed by atoms with van der Waals surface area (Å²) in [6, 6.07) is -0.275. The fraction of sp³-hybridized carbons (Fsp3) is 0.600. The Kier molecular flexibility index (Phi) is 4.78. The summed E-state index contributed by atoms with van der Waals surface area (Å²) in [5, 5.41) is 9.99. The van der Waals surface area contributed by atoms with E-state index in [9.17, 15) is 4.79 Å². The normalized spacial score (nSPS) is 12.4. The van der Waals surface area contributed by atoms with Crippen molar-refractivity contribution in [2.24, 2.45) is 5.73 Å². The van der Waals surface area contributed by atoms with E-state index < -0.39 is 6.03 Å². The van der Waals surface area contributed by atoms with Crippen molar-refractivity contribution in [1.29, 1.82) is 0 Å². The average Bonchev–Trinajstić information content (AvgIpc) is 2.72. The molecule has 1 rings (SSSR count). The zero-order chi connectivity index (χ0) is 12.0.